The van der Waals surface area contributed by atoms with Crippen LogP contribution in [0, 0.1) is 0 Å². The van der Waals surface area contributed by atoms with Gasteiger partial charge in [0.1, 0.15) is 0 Å². The summed E-state index contributed by atoms with van der Waals surface area (Å²) in [6, 6.07) is 14.3. The first-order chi connectivity index (χ1) is 13.5. The van der Waals surface area contributed by atoms with E-state index < -0.39 is 10.0 Å². The molecule has 1 amide bonds. The van der Waals surface area contributed by atoms with Gasteiger partial charge in [0.2, 0.25) is 15.9 Å². The van der Waals surface area contributed by atoms with Crippen LogP contribution in [0.15, 0.2) is 53.4 Å². The molecule has 0 radical (unpaired) electrons. The van der Waals surface area contributed by atoms with E-state index in [4.69, 9.17) is 0 Å². The maximum atomic E-state index is 12.7. The van der Waals surface area contributed by atoms with Crippen LogP contribution in [0.25, 0.3) is 0 Å². The Kier molecular flexibility index (Phi) is 6.70. The van der Waals surface area contributed by atoms with Gasteiger partial charge in [-0.2, -0.15) is 4.31 Å². The molecule has 0 aromatic heterocycles. The summed E-state index contributed by atoms with van der Waals surface area (Å²) in [5.41, 5.74) is 2.64. The number of amides is 1. The molecule has 0 aliphatic carbocycles. The third kappa shape index (κ3) is 5.11. The minimum absolute atomic E-state index is 0.106. The average Bonchev–Trinajstić information content (AvgIpc) is 2.73. The maximum Gasteiger partial charge on any atom is 0.243 e. The minimum atomic E-state index is -3.43. The summed E-state index contributed by atoms with van der Waals surface area (Å²) in [5.74, 6) is -0.154. The van der Waals surface area contributed by atoms with Gasteiger partial charge in [-0.15, -0.1) is 0 Å². The van der Waals surface area contributed by atoms with E-state index in [1.165, 1.54) is 0 Å². The molecule has 0 bridgehead atoms. The molecule has 1 aliphatic heterocycles. The molecule has 28 heavy (non-hydrogen) atoms. The fraction of sp³-hybridized carbons (Fsp3) is 0.381. The highest BCUT2D eigenvalue weighted by Gasteiger charge is 2.25. The van der Waals surface area contributed by atoms with Crippen molar-refractivity contribution in [1.29, 1.82) is 0 Å². The standard InChI is InChI=1S/C21H27N3O3S/c1-2-17-7-6-8-19(15-17)23-21(25)16-22-18-9-11-20(12-10-18)28(26,27)24-13-4-3-5-14-24/h6-12,15,22H,2-5,13-14,16H2,1H3,(H,23,25). The predicted octanol–water partition coefficient (Wildman–Crippen LogP) is 3.47. The lowest BCUT2D eigenvalue weighted by atomic mass is 10.1. The molecule has 2 aromatic carbocycles. The van der Waals surface area contributed by atoms with Crippen LogP contribution in [-0.4, -0.2) is 38.3 Å². The van der Waals surface area contributed by atoms with Gasteiger partial charge in [0.05, 0.1) is 11.4 Å². The van der Waals surface area contributed by atoms with Crippen LogP contribution < -0.4 is 10.6 Å². The van der Waals surface area contributed by atoms with Crippen LogP contribution in [0.4, 0.5) is 11.4 Å². The number of carbonyl (C=O) groups is 1. The molecule has 1 heterocycles. The number of piperidine rings is 1. The Morgan fingerprint density at radius 1 is 1.00 bits per heavy atom. The van der Waals surface area contributed by atoms with Gasteiger partial charge in [-0.1, -0.05) is 25.5 Å². The Bertz CT molecular complexity index is 905. The van der Waals surface area contributed by atoms with Crippen LogP contribution in [-0.2, 0) is 21.2 Å². The first-order valence-electron chi connectivity index (χ1n) is 9.72. The lowest BCUT2D eigenvalue weighted by Crippen LogP contribution is -2.35. The zero-order chi connectivity index (χ0) is 20.0. The fourth-order valence-corrected chi connectivity index (χ4v) is 4.77. The molecule has 0 saturated carbocycles. The highest BCUT2D eigenvalue weighted by atomic mass is 32.2. The normalized spacial score (nSPS) is 15.2. The van der Waals surface area contributed by atoms with Crippen LogP contribution in [0.2, 0.25) is 0 Å². The maximum absolute atomic E-state index is 12.7. The lowest BCUT2D eigenvalue weighted by molar-refractivity contribution is -0.114. The van der Waals surface area contributed by atoms with E-state index in [1.54, 1.807) is 28.6 Å². The number of hydrogen-bond acceptors (Lipinski definition) is 4. The highest BCUT2D eigenvalue weighted by molar-refractivity contribution is 7.89. The molecular weight excluding hydrogens is 374 g/mol. The van der Waals surface area contributed by atoms with Crippen molar-refractivity contribution in [1.82, 2.24) is 4.31 Å². The van der Waals surface area contributed by atoms with E-state index in [0.717, 1.165) is 36.9 Å². The van der Waals surface area contributed by atoms with Gasteiger partial charge in [0, 0.05) is 24.5 Å². The summed E-state index contributed by atoms with van der Waals surface area (Å²) < 4.78 is 26.9. The largest absolute Gasteiger partial charge is 0.376 e. The van der Waals surface area contributed by atoms with E-state index in [-0.39, 0.29) is 12.5 Å². The Hall–Kier alpha value is -2.38. The second-order valence-electron chi connectivity index (χ2n) is 6.94. The van der Waals surface area contributed by atoms with Gasteiger partial charge in [-0.3, -0.25) is 4.79 Å². The predicted molar refractivity (Wildman–Crippen MR) is 112 cm³/mol. The van der Waals surface area contributed by atoms with Crippen molar-refractivity contribution in [3.05, 3.63) is 54.1 Å². The smallest absolute Gasteiger partial charge is 0.243 e. The van der Waals surface area contributed by atoms with Gasteiger partial charge in [0.15, 0.2) is 0 Å². The number of nitrogens with one attached hydrogen (secondary N) is 2. The van der Waals surface area contributed by atoms with Gasteiger partial charge in [-0.05, 0) is 61.2 Å². The summed E-state index contributed by atoms with van der Waals surface area (Å²) in [7, 11) is -3.43. The minimum Gasteiger partial charge on any atom is -0.376 e. The van der Waals surface area contributed by atoms with Crippen LogP contribution in [0.3, 0.4) is 0 Å². The monoisotopic (exact) mass is 401 g/mol. The molecule has 7 heteroatoms. The quantitative estimate of drug-likeness (QED) is 0.745. The first kappa shape index (κ1) is 20.4. The second-order valence-corrected chi connectivity index (χ2v) is 8.88. The number of sulfonamides is 1. The SMILES string of the molecule is CCc1cccc(NC(=O)CNc2ccc(S(=O)(=O)N3CCCCC3)cc2)c1. The number of rotatable bonds is 7. The Balaban J connectivity index is 1.56. The average molecular weight is 402 g/mol. The molecule has 2 N–H and O–H groups in total. The topological polar surface area (TPSA) is 78.5 Å². The highest BCUT2D eigenvalue weighted by Crippen LogP contribution is 2.22. The van der Waals surface area contributed by atoms with Crippen molar-refractivity contribution < 1.29 is 13.2 Å². The molecule has 1 aliphatic rings. The van der Waals surface area contributed by atoms with Crippen molar-refractivity contribution in [3.8, 4) is 0 Å². The van der Waals surface area contributed by atoms with Crippen LogP contribution in [0.5, 0.6) is 0 Å². The molecule has 1 saturated heterocycles. The number of anilines is 2. The second kappa shape index (κ2) is 9.21. The molecule has 3 rings (SSSR count). The number of benzene rings is 2. The summed E-state index contributed by atoms with van der Waals surface area (Å²) in [5, 5.41) is 5.89. The van der Waals surface area contributed by atoms with Crippen LogP contribution >= 0.6 is 0 Å². The van der Waals surface area contributed by atoms with Crippen LogP contribution in [0.1, 0.15) is 31.7 Å². The van der Waals surface area contributed by atoms with Crippen molar-refractivity contribution in [2.75, 3.05) is 30.3 Å². The van der Waals surface area contributed by atoms with E-state index >= 15 is 0 Å². The number of hydrogen-bond donors (Lipinski definition) is 2. The van der Waals surface area contributed by atoms with E-state index in [0.29, 0.717) is 23.7 Å². The third-order valence-corrected chi connectivity index (χ3v) is 6.79. The third-order valence-electron chi connectivity index (χ3n) is 4.88. The number of carbonyl (C=O) groups excluding carboxylic acids is 1. The molecule has 0 atom stereocenters. The Labute approximate surface area is 167 Å². The Morgan fingerprint density at radius 3 is 2.39 bits per heavy atom. The molecule has 6 nitrogen and oxygen atoms in total. The van der Waals surface area contributed by atoms with E-state index in [2.05, 4.69) is 17.6 Å². The Morgan fingerprint density at radius 2 is 1.71 bits per heavy atom. The van der Waals surface area contributed by atoms with Gasteiger partial charge < -0.3 is 10.6 Å². The number of aryl methyl sites for hydroxylation is 1. The molecule has 150 valence electrons. The summed E-state index contributed by atoms with van der Waals surface area (Å²) in [6.45, 7) is 3.34. The van der Waals surface area contributed by atoms with Crippen molar-refractivity contribution in [3.63, 3.8) is 0 Å². The molecule has 1 fully saturated rings. The van der Waals surface area contributed by atoms with E-state index in [9.17, 15) is 13.2 Å². The fourth-order valence-electron chi connectivity index (χ4n) is 3.26. The van der Waals surface area contributed by atoms with Gasteiger partial charge in [0.25, 0.3) is 0 Å². The summed E-state index contributed by atoms with van der Waals surface area (Å²) >= 11 is 0. The zero-order valence-corrected chi connectivity index (χ0v) is 17.0. The zero-order valence-electron chi connectivity index (χ0n) is 16.1. The van der Waals surface area contributed by atoms with E-state index in [1.807, 2.05) is 24.3 Å². The van der Waals surface area contributed by atoms with Crippen molar-refractivity contribution >= 4 is 27.3 Å². The first-order valence-corrected chi connectivity index (χ1v) is 11.2. The number of nitrogens with zero attached hydrogens (tertiary/aromatic N) is 1. The lowest BCUT2D eigenvalue weighted by Gasteiger charge is -2.25. The van der Waals surface area contributed by atoms with Crippen molar-refractivity contribution in [2.24, 2.45) is 0 Å². The molecular formula is C21H27N3O3S. The molecule has 2 aromatic rings. The summed E-state index contributed by atoms with van der Waals surface area (Å²) in [4.78, 5) is 12.4. The van der Waals surface area contributed by atoms with Gasteiger partial charge >= 0.3 is 0 Å². The summed E-state index contributed by atoms with van der Waals surface area (Å²) in [6.07, 6.45) is 3.82. The van der Waals surface area contributed by atoms with Crippen molar-refractivity contribution in [2.45, 2.75) is 37.5 Å². The molecule has 0 spiro atoms. The molecule has 0 unspecified atom stereocenters. The van der Waals surface area contributed by atoms with Gasteiger partial charge in [-0.25, -0.2) is 8.42 Å².